The number of benzene rings is 2. The largest absolute Gasteiger partial charge is 0.416 e. The predicted molar refractivity (Wildman–Crippen MR) is 116 cm³/mol. The summed E-state index contributed by atoms with van der Waals surface area (Å²) < 4.78 is 41.3. The minimum Gasteiger partial charge on any atom is -0.339 e. The average Bonchev–Trinajstić information content (AvgIpc) is 2.75. The smallest absolute Gasteiger partial charge is 0.339 e. The van der Waals surface area contributed by atoms with Gasteiger partial charge < -0.3 is 4.90 Å². The molecule has 0 bridgehead atoms. The van der Waals surface area contributed by atoms with E-state index in [-0.39, 0.29) is 34.8 Å². The SMILES string of the molecule is CC(=O)C1=C(C)N(Cc2ccccc2[N+](=O)[O-])C(C)=C([N+](=O)[O-])C1c1ccccc1C(F)(F)F. The van der Waals surface area contributed by atoms with Gasteiger partial charge in [-0.3, -0.25) is 25.0 Å². The maximum absolute atomic E-state index is 13.8. The second kappa shape index (κ2) is 9.08. The number of allylic oxidation sites excluding steroid dienone is 3. The Bertz CT molecular complexity index is 1210. The van der Waals surface area contributed by atoms with Gasteiger partial charge in [-0.05, 0) is 32.4 Å². The minimum atomic E-state index is -4.80. The quantitative estimate of drug-likeness (QED) is 0.399. The fourth-order valence-corrected chi connectivity index (χ4v) is 4.33. The molecule has 34 heavy (non-hydrogen) atoms. The molecule has 8 nitrogen and oxygen atoms in total. The summed E-state index contributed by atoms with van der Waals surface area (Å²) in [5, 5.41) is 23.6. The van der Waals surface area contributed by atoms with E-state index in [1.54, 1.807) is 6.07 Å². The molecule has 0 amide bonds. The fourth-order valence-electron chi connectivity index (χ4n) is 4.33. The lowest BCUT2D eigenvalue weighted by Crippen LogP contribution is -2.34. The van der Waals surface area contributed by atoms with Crippen molar-refractivity contribution in [2.75, 3.05) is 0 Å². The first kappa shape index (κ1) is 24.6. The predicted octanol–water partition coefficient (Wildman–Crippen LogP) is 5.58. The van der Waals surface area contributed by atoms with Crippen molar-refractivity contribution in [1.82, 2.24) is 4.90 Å². The Hall–Kier alpha value is -4.02. The van der Waals surface area contributed by atoms with Crippen LogP contribution in [0.15, 0.2) is 71.2 Å². The molecule has 2 aromatic carbocycles. The molecule has 11 heteroatoms. The van der Waals surface area contributed by atoms with E-state index in [0.29, 0.717) is 0 Å². The van der Waals surface area contributed by atoms with Crippen LogP contribution >= 0.6 is 0 Å². The van der Waals surface area contributed by atoms with Gasteiger partial charge in [-0.1, -0.05) is 36.4 Å². The molecular formula is C23H20F3N3O5. The van der Waals surface area contributed by atoms with Gasteiger partial charge >= 0.3 is 6.18 Å². The Morgan fingerprint density at radius 3 is 2.12 bits per heavy atom. The van der Waals surface area contributed by atoms with Crippen molar-refractivity contribution in [3.05, 3.63) is 108 Å². The van der Waals surface area contributed by atoms with E-state index in [2.05, 4.69) is 0 Å². The van der Waals surface area contributed by atoms with E-state index in [0.717, 1.165) is 19.1 Å². The summed E-state index contributed by atoms with van der Waals surface area (Å²) in [7, 11) is 0. The zero-order valence-corrected chi connectivity index (χ0v) is 18.4. The number of nitrogens with zero attached hydrogens (tertiary/aromatic N) is 3. The summed E-state index contributed by atoms with van der Waals surface area (Å²) in [6, 6.07) is 10.2. The zero-order chi connectivity index (χ0) is 25.4. The number of halogens is 3. The first-order valence-electron chi connectivity index (χ1n) is 10.1. The van der Waals surface area contributed by atoms with E-state index in [1.807, 2.05) is 0 Å². The molecule has 0 fully saturated rings. The molecule has 0 saturated heterocycles. The third kappa shape index (κ3) is 4.41. The first-order valence-corrected chi connectivity index (χ1v) is 10.1. The van der Waals surface area contributed by atoms with E-state index >= 15 is 0 Å². The van der Waals surface area contributed by atoms with Crippen molar-refractivity contribution in [3.8, 4) is 0 Å². The van der Waals surface area contributed by atoms with Gasteiger partial charge in [0.2, 0.25) is 0 Å². The Morgan fingerprint density at radius 1 is 0.971 bits per heavy atom. The molecule has 2 aromatic rings. The highest BCUT2D eigenvalue weighted by Crippen LogP contribution is 2.46. The van der Waals surface area contributed by atoms with Crippen LogP contribution in [0.4, 0.5) is 18.9 Å². The van der Waals surface area contributed by atoms with Crippen LogP contribution in [0.3, 0.4) is 0 Å². The number of rotatable bonds is 6. The highest BCUT2D eigenvalue weighted by Gasteiger charge is 2.45. The molecule has 0 N–H and O–H groups in total. The lowest BCUT2D eigenvalue weighted by atomic mass is 9.79. The monoisotopic (exact) mass is 475 g/mol. The van der Waals surface area contributed by atoms with Crippen molar-refractivity contribution < 1.29 is 27.8 Å². The van der Waals surface area contributed by atoms with Gasteiger partial charge in [0.05, 0.1) is 27.7 Å². The number of carbonyl (C=O) groups excluding carboxylic acids is 1. The number of nitro benzene ring substituents is 1. The van der Waals surface area contributed by atoms with Crippen LogP contribution in [0.1, 0.15) is 43.4 Å². The second-order valence-electron chi connectivity index (χ2n) is 7.77. The van der Waals surface area contributed by atoms with Gasteiger partial charge in [0.15, 0.2) is 5.78 Å². The highest BCUT2D eigenvalue weighted by molar-refractivity contribution is 5.96. The number of alkyl halides is 3. The summed E-state index contributed by atoms with van der Waals surface area (Å²) in [5.74, 6) is -2.20. The summed E-state index contributed by atoms with van der Waals surface area (Å²) in [5.41, 5.74) is -2.06. The number of hydrogen-bond donors (Lipinski definition) is 0. The fraction of sp³-hybridized carbons (Fsp3) is 0.261. The molecular weight excluding hydrogens is 455 g/mol. The Morgan fingerprint density at radius 2 is 1.56 bits per heavy atom. The molecule has 178 valence electrons. The van der Waals surface area contributed by atoms with E-state index in [1.165, 1.54) is 49.1 Å². The first-order chi connectivity index (χ1) is 15.9. The summed E-state index contributed by atoms with van der Waals surface area (Å²) in [4.78, 5) is 36.2. The number of para-hydroxylation sites is 1. The van der Waals surface area contributed by atoms with Crippen LogP contribution < -0.4 is 0 Å². The highest BCUT2D eigenvalue weighted by atomic mass is 19.4. The van der Waals surface area contributed by atoms with Crippen LogP contribution in [0.2, 0.25) is 0 Å². The van der Waals surface area contributed by atoms with Crippen molar-refractivity contribution in [1.29, 1.82) is 0 Å². The summed E-state index contributed by atoms with van der Waals surface area (Å²) in [6.45, 7) is 3.77. The number of carbonyl (C=O) groups is 1. The Labute approximate surface area is 192 Å². The normalized spacial score (nSPS) is 16.6. The minimum absolute atomic E-state index is 0.00683. The van der Waals surface area contributed by atoms with Crippen molar-refractivity contribution in [2.45, 2.75) is 39.4 Å². The van der Waals surface area contributed by atoms with Gasteiger partial charge in [0.1, 0.15) is 5.92 Å². The zero-order valence-electron chi connectivity index (χ0n) is 18.4. The van der Waals surface area contributed by atoms with Crippen molar-refractivity contribution in [2.24, 2.45) is 0 Å². The molecule has 0 aliphatic carbocycles. The molecule has 0 aromatic heterocycles. The number of Topliss-reactive ketones (excluding diaryl/α,β-unsaturated/α-hetero) is 1. The number of ketones is 1. The molecule has 3 rings (SSSR count). The number of nitro groups is 2. The molecule has 0 spiro atoms. The molecule has 1 atom stereocenters. The Kier molecular flexibility index (Phi) is 6.58. The lowest BCUT2D eigenvalue weighted by molar-refractivity contribution is -0.431. The average molecular weight is 475 g/mol. The van der Waals surface area contributed by atoms with Crippen LogP contribution in [0, 0.1) is 20.2 Å². The van der Waals surface area contributed by atoms with Crippen LogP contribution in [-0.2, 0) is 17.5 Å². The van der Waals surface area contributed by atoms with Gasteiger partial charge in [0.25, 0.3) is 11.4 Å². The van der Waals surface area contributed by atoms with Gasteiger partial charge in [-0.25, -0.2) is 0 Å². The molecule has 1 unspecified atom stereocenters. The van der Waals surface area contributed by atoms with E-state index in [9.17, 15) is 38.2 Å². The molecule has 1 aliphatic heterocycles. The van der Waals surface area contributed by atoms with Crippen LogP contribution in [0.5, 0.6) is 0 Å². The van der Waals surface area contributed by atoms with Crippen molar-refractivity contribution in [3.63, 3.8) is 0 Å². The van der Waals surface area contributed by atoms with Crippen molar-refractivity contribution >= 4 is 11.5 Å². The van der Waals surface area contributed by atoms with Crippen LogP contribution in [-0.4, -0.2) is 20.5 Å². The third-order valence-corrected chi connectivity index (χ3v) is 5.80. The maximum atomic E-state index is 13.8. The van der Waals surface area contributed by atoms with Crippen LogP contribution in [0.25, 0.3) is 0 Å². The molecule has 1 heterocycles. The lowest BCUT2D eigenvalue weighted by Gasteiger charge is -2.35. The number of hydrogen-bond acceptors (Lipinski definition) is 6. The molecule has 1 aliphatic rings. The molecule has 0 saturated carbocycles. The third-order valence-electron chi connectivity index (χ3n) is 5.80. The van der Waals surface area contributed by atoms with E-state index in [4.69, 9.17) is 0 Å². The van der Waals surface area contributed by atoms with E-state index < -0.39 is 44.5 Å². The second-order valence-corrected chi connectivity index (χ2v) is 7.77. The standard InChI is InChI=1S/C23H20F3N3O5/c1-13-20(15(3)30)21(17-9-5-6-10-18(17)23(24,25)26)22(29(33)34)14(2)27(13)12-16-8-4-7-11-19(16)28(31)32/h4-11,21H,12H2,1-3H3. The maximum Gasteiger partial charge on any atom is 0.416 e. The van der Waals surface area contributed by atoms with Gasteiger partial charge in [-0.2, -0.15) is 13.2 Å². The van der Waals surface area contributed by atoms with Gasteiger partial charge in [-0.15, -0.1) is 0 Å². The molecule has 0 radical (unpaired) electrons. The summed E-state index contributed by atoms with van der Waals surface area (Å²) >= 11 is 0. The Balaban J connectivity index is 2.29. The summed E-state index contributed by atoms with van der Waals surface area (Å²) in [6.07, 6.45) is -4.80. The topological polar surface area (TPSA) is 107 Å². The van der Waals surface area contributed by atoms with Gasteiger partial charge in [0, 0.05) is 22.9 Å².